The van der Waals surface area contributed by atoms with Crippen molar-refractivity contribution < 1.29 is 5.11 Å². The molecular weight excluding hydrogens is 218 g/mol. The molecule has 0 spiro atoms. The molecule has 1 rings (SSSR count). The van der Waals surface area contributed by atoms with Crippen molar-refractivity contribution in [2.75, 3.05) is 11.8 Å². The molecule has 1 atom stereocenters. The Balaban J connectivity index is 2.28. The highest BCUT2D eigenvalue weighted by Gasteiger charge is 1.98. The van der Waals surface area contributed by atoms with Gasteiger partial charge in [-0.25, -0.2) is 0 Å². The SMILES string of the molecule is O[C@H](CCl)SCN=Cc1ccccc1. The lowest BCUT2D eigenvalue weighted by atomic mass is 10.2. The maximum Gasteiger partial charge on any atom is 0.115 e. The largest absolute Gasteiger partial charge is 0.381 e. The van der Waals surface area contributed by atoms with E-state index in [9.17, 15) is 0 Å². The zero-order chi connectivity index (χ0) is 10.2. The molecule has 0 heterocycles. The van der Waals surface area contributed by atoms with Crippen LogP contribution in [0.2, 0.25) is 0 Å². The van der Waals surface area contributed by atoms with E-state index in [-0.39, 0.29) is 5.88 Å². The molecule has 0 saturated carbocycles. The first-order valence-electron chi connectivity index (χ1n) is 4.23. The van der Waals surface area contributed by atoms with Crippen molar-refractivity contribution in [1.29, 1.82) is 0 Å². The number of nitrogens with zero attached hydrogens (tertiary/aromatic N) is 1. The molecular formula is C10H12ClNOS. The third kappa shape index (κ3) is 4.65. The van der Waals surface area contributed by atoms with Gasteiger partial charge < -0.3 is 5.11 Å². The van der Waals surface area contributed by atoms with Crippen LogP contribution in [0.15, 0.2) is 35.3 Å². The fourth-order valence-corrected chi connectivity index (χ4v) is 1.54. The van der Waals surface area contributed by atoms with Gasteiger partial charge in [0.25, 0.3) is 0 Å². The van der Waals surface area contributed by atoms with Crippen molar-refractivity contribution in [1.82, 2.24) is 0 Å². The van der Waals surface area contributed by atoms with Crippen molar-refractivity contribution in [2.24, 2.45) is 4.99 Å². The minimum Gasteiger partial charge on any atom is -0.381 e. The van der Waals surface area contributed by atoms with Gasteiger partial charge in [-0.2, -0.15) is 0 Å². The number of thioether (sulfide) groups is 1. The quantitative estimate of drug-likeness (QED) is 0.478. The second-order valence-electron chi connectivity index (χ2n) is 2.63. The van der Waals surface area contributed by atoms with Crippen molar-refractivity contribution in [3.63, 3.8) is 0 Å². The minimum atomic E-state index is -0.524. The van der Waals surface area contributed by atoms with Gasteiger partial charge in [0, 0.05) is 6.21 Å². The number of benzene rings is 1. The summed E-state index contributed by atoms with van der Waals surface area (Å²) < 4.78 is 0. The van der Waals surface area contributed by atoms with Crippen LogP contribution in [0.3, 0.4) is 0 Å². The summed E-state index contributed by atoms with van der Waals surface area (Å²) in [5.41, 5.74) is 0.540. The van der Waals surface area contributed by atoms with E-state index in [1.165, 1.54) is 11.8 Å². The molecule has 0 aromatic heterocycles. The first kappa shape index (κ1) is 11.6. The van der Waals surface area contributed by atoms with E-state index in [4.69, 9.17) is 16.7 Å². The van der Waals surface area contributed by atoms with Gasteiger partial charge in [0.15, 0.2) is 0 Å². The molecule has 4 heteroatoms. The molecule has 1 aromatic rings. The zero-order valence-corrected chi connectivity index (χ0v) is 9.21. The van der Waals surface area contributed by atoms with Crippen LogP contribution in [0, 0.1) is 0 Å². The first-order valence-corrected chi connectivity index (χ1v) is 5.82. The molecule has 0 radical (unpaired) electrons. The average Bonchev–Trinajstić information content (AvgIpc) is 2.25. The van der Waals surface area contributed by atoms with Gasteiger partial charge in [0.2, 0.25) is 0 Å². The second kappa shape index (κ2) is 6.87. The van der Waals surface area contributed by atoms with E-state index >= 15 is 0 Å². The normalized spacial score (nSPS) is 13.3. The van der Waals surface area contributed by atoms with Crippen LogP contribution in [0.25, 0.3) is 0 Å². The number of alkyl halides is 1. The maximum absolute atomic E-state index is 9.11. The molecule has 0 unspecified atom stereocenters. The minimum absolute atomic E-state index is 0.242. The van der Waals surface area contributed by atoms with Crippen molar-refractivity contribution in [2.45, 2.75) is 5.44 Å². The lowest BCUT2D eigenvalue weighted by molar-refractivity contribution is 0.287. The van der Waals surface area contributed by atoms with E-state index in [1.54, 1.807) is 6.21 Å². The molecule has 76 valence electrons. The molecule has 0 aliphatic heterocycles. The standard InChI is InChI=1S/C10H12ClNOS/c11-6-10(13)14-8-12-7-9-4-2-1-3-5-9/h1-5,7,10,13H,6,8H2/t10-/m0/s1. The maximum atomic E-state index is 9.11. The Labute approximate surface area is 93.0 Å². The van der Waals surface area contributed by atoms with Gasteiger partial charge in [-0.05, 0) is 5.56 Å². The van der Waals surface area contributed by atoms with E-state index < -0.39 is 5.44 Å². The number of hydrogen-bond acceptors (Lipinski definition) is 3. The molecule has 0 aliphatic carbocycles. The predicted molar refractivity (Wildman–Crippen MR) is 63.2 cm³/mol. The Bertz CT molecular complexity index is 279. The smallest absolute Gasteiger partial charge is 0.115 e. The van der Waals surface area contributed by atoms with Gasteiger partial charge in [0.1, 0.15) is 5.44 Å². The van der Waals surface area contributed by atoms with Crippen LogP contribution in [0.4, 0.5) is 0 Å². The Kier molecular flexibility index (Phi) is 5.68. The van der Waals surface area contributed by atoms with Crippen molar-refractivity contribution in [3.05, 3.63) is 35.9 Å². The van der Waals surface area contributed by atoms with E-state index in [2.05, 4.69) is 4.99 Å². The topological polar surface area (TPSA) is 32.6 Å². The summed E-state index contributed by atoms with van der Waals surface area (Å²) >= 11 is 6.75. The highest BCUT2D eigenvalue weighted by Crippen LogP contribution is 2.09. The average molecular weight is 230 g/mol. The Hall–Kier alpha value is -0.510. The van der Waals surface area contributed by atoms with Crippen LogP contribution in [0.5, 0.6) is 0 Å². The number of hydrogen-bond donors (Lipinski definition) is 1. The number of aliphatic imine (C=N–C) groups is 1. The molecule has 2 nitrogen and oxygen atoms in total. The molecule has 0 bridgehead atoms. The van der Waals surface area contributed by atoms with Crippen LogP contribution >= 0.6 is 23.4 Å². The summed E-state index contributed by atoms with van der Waals surface area (Å²) in [6.45, 7) is 0. The summed E-state index contributed by atoms with van der Waals surface area (Å²) in [6.07, 6.45) is 1.79. The van der Waals surface area contributed by atoms with E-state index in [0.29, 0.717) is 5.88 Å². The summed E-state index contributed by atoms with van der Waals surface area (Å²) in [7, 11) is 0. The molecule has 14 heavy (non-hydrogen) atoms. The van der Waals surface area contributed by atoms with Crippen LogP contribution in [-0.4, -0.2) is 28.5 Å². The molecule has 1 N–H and O–H groups in total. The lowest BCUT2D eigenvalue weighted by Gasteiger charge is -2.01. The monoisotopic (exact) mass is 229 g/mol. The Morgan fingerprint density at radius 2 is 2.14 bits per heavy atom. The van der Waals surface area contributed by atoms with Gasteiger partial charge in [-0.15, -0.1) is 23.4 Å². The Morgan fingerprint density at radius 1 is 1.43 bits per heavy atom. The first-order chi connectivity index (χ1) is 6.83. The highest BCUT2D eigenvalue weighted by atomic mass is 35.5. The van der Waals surface area contributed by atoms with Gasteiger partial charge in [0.05, 0.1) is 11.8 Å². The van der Waals surface area contributed by atoms with Crippen LogP contribution in [0.1, 0.15) is 5.56 Å². The van der Waals surface area contributed by atoms with Gasteiger partial charge >= 0.3 is 0 Å². The van der Waals surface area contributed by atoms with Crippen LogP contribution in [-0.2, 0) is 0 Å². The molecule has 1 aromatic carbocycles. The van der Waals surface area contributed by atoms with E-state index in [1.807, 2.05) is 30.3 Å². The molecule has 0 aliphatic rings. The fraction of sp³-hybridized carbons (Fsp3) is 0.300. The second-order valence-corrected chi connectivity index (χ2v) is 4.07. The van der Waals surface area contributed by atoms with Crippen molar-refractivity contribution >= 4 is 29.6 Å². The third-order valence-electron chi connectivity index (χ3n) is 1.51. The highest BCUT2D eigenvalue weighted by molar-refractivity contribution is 7.99. The summed E-state index contributed by atoms with van der Waals surface area (Å²) in [5.74, 6) is 0.772. The van der Waals surface area contributed by atoms with Crippen LogP contribution < -0.4 is 0 Å². The van der Waals surface area contributed by atoms with Gasteiger partial charge in [-0.1, -0.05) is 30.3 Å². The number of aliphatic hydroxyl groups is 1. The van der Waals surface area contributed by atoms with E-state index in [0.717, 1.165) is 5.56 Å². The molecule has 0 amide bonds. The molecule has 0 saturated heterocycles. The summed E-state index contributed by atoms with van der Waals surface area (Å²) in [4.78, 5) is 4.15. The number of halogens is 1. The Morgan fingerprint density at radius 3 is 2.79 bits per heavy atom. The van der Waals surface area contributed by atoms with Gasteiger partial charge in [-0.3, -0.25) is 4.99 Å². The fourth-order valence-electron chi connectivity index (χ4n) is 0.855. The number of rotatable bonds is 5. The summed E-state index contributed by atoms with van der Waals surface area (Å²) in [5, 5.41) is 9.11. The lowest BCUT2D eigenvalue weighted by Crippen LogP contribution is -2.02. The zero-order valence-electron chi connectivity index (χ0n) is 7.64. The third-order valence-corrected chi connectivity index (χ3v) is 2.84. The van der Waals surface area contributed by atoms with Crippen molar-refractivity contribution in [3.8, 4) is 0 Å². The predicted octanol–water partition coefficient (Wildman–Crippen LogP) is 2.35. The summed E-state index contributed by atoms with van der Waals surface area (Å²) in [6, 6.07) is 9.84. The number of aliphatic hydroxyl groups excluding tert-OH is 1. The molecule has 0 fully saturated rings.